The van der Waals surface area contributed by atoms with Crippen molar-refractivity contribution in [2.45, 2.75) is 0 Å². The molecule has 23 heavy (non-hydrogen) atoms. The Hall–Kier alpha value is -3.55. The van der Waals surface area contributed by atoms with Gasteiger partial charge in [-0.05, 0) is 24.3 Å². The van der Waals surface area contributed by atoms with E-state index in [0.29, 0.717) is 0 Å². The molecule has 1 N–H and O–H groups in total. The number of para-hydroxylation sites is 1. The van der Waals surface area contributed by atoms with Gasteiger partial charge in [-0.2, -0.15) is 0 Å². The summed E-state index contributed by atoms with van der Waals surface area (Å²) in [6.07, 6.45) is 5.97. The van der Waals surface area contributed by atoms with Gasteiger partial charge in [0.05, 0.1) is 0 Å². The molecule has 0 unspecified atom stereocenters. The van der Waals surface area contributed by atoms with E-state index in [9.17, 15) is 9.90 Å². The standard InChI is InChI=1S/C15H10N4O4/c20-13(21)10-4-1-5-11(22-14-16-6-2-7-17-14)12(10)23-15-18-8-3-9-19-15/h1-9H,(H,20,21). The molecule has 8 nitrogen and oxygen atoms in total. The van der Waals surface area contributed by atoms with Gasteiger partial charge in [-0.3, -0.25) is 0 Å². The van der Waals surface area contributed by atoms with Gasteiger partial charge in [0, 0.05) is 24.8 Å². The first-order chi connectivity index (χ1) is 11.2. The van der Waals surface area contributed by atoms with E-state index in [4.69, 9.17) is 9.47 Å². The Bertz CT molecular complexity index is 812. The Balaban J connectivity index is 2.01. The van der Waals surface area contributed by atoms with Crippen LogP contribution in [-0.4, -0.2) is 31.0 Å². The van der Waals surface area contributed by atoms with E-state index in [2.05, 4.69) is 19.9 Å². The predicted molar refractivity (Wildman–Crippen MR) is 77.6 cm³/mol. The van der Waals surface area contributed by atoms with Crippen molar-refractivity contribution in [3.8, 4) is 23.5 Å². The second kappa shape index (κ2) is 6.48. The minimum Gasteiger partial charge on any atom is -0.478 e. The highest BCUT2D eigenvalue weighted by Gasteiger charge is 2.19. The Morgan fingerprint density at radius 1 is 0.826 bits per heavy atom. The van der Waals surface area contributed by atoms with Crippen molar-refractivity contribution in [2.75, 3.05) is 0 Å². The molecule has 2 aromatic heterocycles. The number of carboxylic acid groups (broad SMARTS) is 1. The van der Waals surface area contributed by atoms with Crippen LogP contribution in [-0.2, 0) is 0 Å². The fourth-order valence-electron chi connectivity index (χ4n) is 1.74. The van der Waals surface area contributed by atoms with Crippen LogP contribution in [0.4, 0.5) is 0 Å². The zero-order valence-electron chi connectivity index (χ0n) is 11.7. The summed E-state index contributed by atoms with van der Waals surface area (Å²) in [5.74, 6) is -1.06. The third-order valence-electron chi connectivity index (χ3n) is 2.69. The fourth-order valence-corrected chi connectivity index (χ4v) is 1.74. The number of carboxylic acids is 1. The average Bonchev–Trinajstić information content (AvgIpc) is 2.58. The second-order valence-electron chi connectivity index (χ2n) is 4.20. The highest BCUT2D eigenvalue weighted by Crippen LogP contribution is 2.35. The number of aromatic nitrogens is 4. The second-order valence-corrected chi connectivity index (χ2v) is 4.20. The summed E-state index contributed by atoms with van der Waals surface area (Å²) in [5.41, 5.74) is -0.0918. The number of benzene rings is 1. The predicted octanol–water partition coefficient (Wildman–Crippen LogP) is 2.55. The first-order valence-corrected chi connectivity index (χ1v) is 6.50. The van der Waals surface area contributed by atoms with E-state index in [0.717, 1.165) is 0 Å². The molecule has 0 radical (unpaired) electrons. The van der Waals surface area contributed by atoms with Crippen LogP contribution < -0.4 is 9.47 Å². The number of hydrogen-bond acceptors (Lipinski definition) is 7. The van der Waals surface area contributed by atoms with Gasteiger partial charge >= 0.3 is 18.0 Å². The van der Waals surface area contributed by atoms with Gasteiger partial charge in [-0.15, -0.1) is 0 Å². The van der Waals surface area contributed by atoms with Crippen molar-refractivity contribution in [3.05, 3.63) is 60.7 Å². The van der Waals surface area contributed by atoms with Gasteiger partial charge in [-0.1, -0.05) is 6.07 Å². The third kappa shape index (κ3) is 3.38. The largest absolute Gasteiger partial charge is 0.478 e. The van der Waals surface area contributed by atoms with Crippen molar-refractivity contribution in [3.63, 3.8) is 0 Å². The van der Waals surface area contributed by atoms with Crippen molar-refractivity contribution >= 4 is 5.97 Å². The zero-order valence-corrected chi connectivity index (χ0v) is 11.7. The summed E-state index contributed by atoms with van der Waals surface area (Å²) in [6.45, 7) is 0. The number of rotatable bonds is 5. The minimum atomic E-state index is -1.17. The summed E-state index contributed by atoms with van der Waals surface area (Å²) in [4.78, 5) is 27.1. The first kappa shape index (κ1) is 14.4. The summed E-state index contributed by atoms with van der Waals surface area (Å²) in [5, 5.41) is 9.33. The molecule has 0 bridgehead atoms. The molecule has 3 rings (SSSR count). The quantitative estimate of drug-likeness (QED) is 0.766. The highest BCUT2D eigenvalue weighted by molar-refractivity contribution is 5.92. The van der Waals surface area contributed by atoms with Gasteiger partial charge in [0.25, 0.3) is 0 Å². The summed E-state index contributed by atoms with van der Waals surface area (Å²) >= 11 is 0. The molecule has 0 atom stereocenters. The molecule has 0 fully saturated rings. The van der Waals surface area contributed by atoms with Crippen molar-refractivity contribution < 1.29 is 19.4 Å². The monoisotopic (exact) mass is 310 g/mol. The zero-order chi connectivity index (χ0) is 16.1. The Kier molecular flexibility index (Phi) is 4.05. The van der Waals surface area contributed by atoms with Crippen LogP contribution >= 0.6 is 0 Å². The van der Waals surface area contributed by atoms with Crippen molar-refractivity contribution in [1.29, 1.82) is 0 Å². The topological polar surface area (TPSA) is 107 Å². The van der Waals surface area contributed by atoms with Gasteiger partial charge in [0.2, 0.25) is 0 Å². The number of aromatic carboxylic acids is 1. The van der Waals surface area contributed by atoms with E-state index in [1.54, 1.807) is 18.2 Å². The fraction of sp³-hybridized carbons (Fsp3) is 0. The maximum absolute atomic E-state index is 11.4. The van der Waals surface area contributed by atoms with Crippen LogP contribution in [0, 0.1) is 0 Å². The normalized spacial score (nSPS) is 10.1. The van der Waals surface area contributed by atoms with E-state index in [-0.39, 0.29) is 29.1 Å². The molecule has 0 saturated heterocycles. The van der Waals surface area contributed by atoms with E-state index < -0.39 is 5.97 Å². The molecule has 0 aliphatic heterocycles. The molecule has 8 heteroatoms. The number of ether oxygens (including phenoxy) is 2. The van der Waals surface area contributed by atoms with Crippen LogP contribution in [0.15, 0.2) is 55.1 Å². The van der Waals surface area contributed by atoms with Crippen molar-refractivity contribution in [1.82, 2.24) is 19.9 Å². The van der Waals surface area contributed by atoms with Crippen LogP contribution in [0.3, 0.4) is 0 Å². The Morgan fingerprint density at radius 2 is 1.39 bits per heavy atom. The Labute approximate surface area is 130 Å². The number of hydrogen-bond donors (Lipinski definition) is 1. The summed E-state index contributed by atoms with van der Waals surface area (Å²) < 4.78 is 11.0. The lowest BCUT2D eigenvalue weighted by Gasteiger charge is -2.12. The summed E-state index contributed by atoms with van der Waals surface area (Å²) in [6, 6.07) is 7.77. The van der Waals surface area contributed by atoms with Gasteiger partial charge in [0.1, 0.15) is 5.56 Å². The molecule has 3 aromatic rings. The molecule has 0 saturated carbocycles. The van der Waals surface area contributed by atoms with Gasteiger partial charge < -0.3 is 14.6 Å². The van der Waals surface area contributed by atoms with Crippen molar-refractivity contribution in [2.24, 2.45) is 0 Å². The number of carbonyl (C=O) groups is 1. The first-order valence-electron chi connectivity index (χ1n) is 6.50. The molecular weight excluding hydrogens is 300 g/mol. The lowest BCUT2D eigenvalue weighted by molar-refractivity contribution is 0.0693. The Morgan fingerprint density at radius 3 is 1.96 bits per heavy atom. The molecule has 1 aromatic carbocycles. The molecule has 0 spiro atoms. The van der Waals surface area contributed by atoms with E-state index in [1.165, 1.54) is 36.9 Å². The lowest BCUT2D eigenvalue weighted by atomic mass is 10.2. The maximum atomic E-state index is 11.4. The molecular formula is C15H10N4O4. The minimum absolute atomic E-state index is 0.0000278. The number of nitrogens with zero attached hydrogens (tertiary/aromatic N) is 4. The molecule has 2 heterocycles. The average molecular weight is 310 g/mol. The molecule has 114 valence electrons. The molecule has 0 aliphatic rings. The van der Waals surface area contributed by atoms with Gasteiger partial charge in [-0.25, -0.2) is 24.7 Å². The summed E-state index contributed by atoms with van der Waals surface area (Å²) in [7, 11) is 0. The van der Waals surface area contributed by atoms with E-state index >= 15 is 0 Å². The van der Waals surface area contributed by atoms with Gasteiger partial charge in [0.15, 0.2) is 11.5 Å². The SMILES string of the molecule is O=C(O)c1cccc(Oc2ncccn2)c1Oc1ncccn1. The van der Waals surface area contributed by atoms with Crippen LogP contribution in [0.1, 0.15) is 10.4 Å². The maximum Gasteiger partial charge on any atom is 0.339 e. The lowest BCUT2D eigenvalue weighted by Crippen LogP contribution is -2.03. The molecule has 0 aliphatic carbocycles. The third-order valence-corrected chi connectivity index (χ3v) is 2.69. The van der Waals surface area contributed by atoms with Crippen LogP contribution in [0.5, 0.6) is 23.5 Å². The smallest absolute Gasteiger partial charge is 0.339 e. The highest BCUT2D eigenvalue weighted by atomic mass is 16.5. The van der Waals surface area contributed by atoms with E-state index in [1.807, 2.05) is 0 Å². The van der Waals surface area contributed by atoms with Crippen LogP contribution in [0.25, 0.3) is 0 Å². The van der Waals surface area contributed by atoms with Crippen LogP contribution in [0.2, 0.25) is 0 Å². The molecule has 0 amide bonds.